The second kappa shape index (κ2) is 9.47. The molecule has 0 saturated carbocycles. The highest BCUT2D eigenvalue weighted by Crippen LogP contribution is 2.30. The van der Waals surface area contributed by atoms with Crippen LogP contribution < -0.4 is 5.32 Å². The molecule has 1 aromatic heterocycles. The lowest BCUT2D eigenvalue weighted by molar-refractivity contribution is -0.121. The first-order valence-electron chi connectivity index (χ1n) is 10.7. The van der Waals surface area contributed by atoms with Gasteiger partial charge in [-0.1, -0.05) is 66.4 Å². The van der Waals surface area contributed by atoms with E-state index >= 15 is 0 Å². The maximum absolute atomic E-state index is 12.9. The summed E-state index contributed by atoms with van der Waals surface area (Å²) in [7, 11) is 0. The summed E-state index contributed by atoms with van der Waals surface area (Å²) in [5, 5.41) is 12.6. The first-order chi connectivity index (χ1) is 14.7. The van der Waals surface area contributed by atoms with Crippen LogP contribution in [0, 0.1) is 0 Å². The predicted molar refractivity (Wildman–Crippen MR) is 121 cm³/mol. The van der Waals surface area contributed by atoms with Crippen molar-refractivity contribution in [1.82, 2.24) is 20.1 Å². The van der Waals surface area contributed by atoms with Crippen LogP contribution in [0.3, 0.4) is 0 Å². The fourth-order valence-electron chi connectivity index (χ4n) is 4.04. The number of nitrogens with one attached hydrogen (secondary N) is 1. The predicted octanol–water partition coefficient (Wildman–Crippen LogP) is 4.56. The van der Waals surface area contributed by atoms with Crippen molar-refractivity contribution in [2.45, 2.75) is 62.5 Å². The fraction of sp³-hybridized carbons (Fsp3) is 0.375. The third-order valence-corrected chi connectivity index (χ3v) is 6.73. The summed E-state index contributed by atoms with van der Waals surface area (Å²) in [6, 6.07) is 18.8. The molecule has 0 saturated heterocycles. The van der Waals surface area contributed by atoms with Crippen molar-refractivity contribution in [2.24, 2.45) is 0 Å². The van der Waals surface area contributed by atoms with Gasteiger partial charge >= 0.3 is 0 Å². The van der Waals surface area contributed by atoms with E-state index in [1.54, 1.807) is 0 Å². The quantitative estimate of drug-likeness (QED) is 0.569. The molecule has 156 valence electrons. The molecule has 1 aliphatic rings. The number of hydrogen-bond acceptors (Lipinski definition) is 4. The van der Waals surface area contributed by atoms with Crippen molar-refractivity contribution in [3.63, 3.8) is 0 Å². The molecule has 1 aliphatic carbocycles. The Bertz CT molecular complexity index is 1000. The SMILES string of the molecule is CCn1c(Cc2ccccc2)nnc1SC(C)C(=O)NC1CCCc2ccccc21. The standard InChI is InChI=1S/C24H28N4OS/c1-3-28-22(16-18-10-5-4-6-11-18)26-27-24(28)30-17(2)23(29)25-21-15-9-13-19-12-7-8-14-20(19)21/h4-8,10-12,14,17,21H,3,9,13,15-16H2,1-2H3,(H,25,29). The van der Waals surface area contributed by atoms with E-state index in [1.807, 2.05) is 25.1 Å². The Balaban J connectivity index is 1.43. The number of benzene rings is 2. The number of amides is 1. The second-order valence-corrected chi connectivity index (χ2v) is 9.03. The molecular formula is C24H28N4OS. The molecule has 2 unspecified atom stereocenters. The molecule has 1 heterocycles. The molecule has 2 atom stereocenters. The molecule has 2 aromatic carbocycles. The number of fused-ring (bicyclic) bond motifs is 1. The molecule has 1 amide bonds. The average molecular weight is 421 g/mol. The Hall–Kier alpha value is -2.60. The number of aromatic nitrogens is 3. The van der Waals surface area contributed by atoms with E-state index in [1.165, 1.54) is 28.5 Å². The van der Waals surface area contributed by atoms with Crippen LogP contribution >= 0.6 is 11.8 Å². The van der Waals surface area contributed by atoms with Crippen molar-refractivity contribution < 1.29 is 4.79 Å². The molecule has 3 aromatic rings. The third-order valence-electron chi connectivity index (χ3n) is 5.65. The minimum atomic E-state index is -0.238. The van der Waals surface area contributed by atoms with Crippen LogP contribution in [0.1, 0.15) is 55.2 Å². The summed E-state index contributed by atoms with van der Waals surface area (Å²) >= 11 is 1.48. The van der Waals surface area contributed by atoms with Gasteiger partial charge in [-0.3, -0.25) is 4.79 Å². The van der Waals surface area contributed by atoms with E-state index < -0.39 is 0 Å². The van der Waals surface area contributed by atoms with E-state index in [0.29, 0.717) is 0 Å². The maximum Gasteiger partial charge on any atom is 0.233 e. The van der Waals surface area contributed by atoms with Gasteiger partial charge in [0.15, 0.2) is 5.16 Å². The number of thioether (sulfide) groups is 1. The molecule has 30 heavy (non-hydrogen) atoms. The molecule has 0 radical (unpaired) electrons. The van der Waals surface area contributed by atoms with Gasteiger partial charge < -0.3 is 9.88 Å². The van der Waals surface area contributed by atoms with Gasteiger partial charge in [-0.15, -0.1) is 10.2 Å². The van der Waals surface area contributed by atoms with Gasteiger partial charge in [0.05, 0.1) is 11.3 Å². The largest absolute Gasteiger partial charge is 0.348 e. The lowest BCUT2D eigenvalue weighted by Gasteiger charge is -2.27. The summed E-state index contributed by atoms with van der Waals surface area (Å²) in [6.45, 7) is 4.81. The molecule has 6 heteroatoms. The molecule has 0 spiro atoms. The van der Waals surface area contributed by atoms with E-state index in [4.69, 9.17) is 0 Å². The maximum atomic E-state index is 12.9. The Kier molecular flexibility index (Phi) is 6.53. The van der Waals surface area contributed by atoms with Crippen molar-refractivity contribution in [3.8, 4) is 0 Å². The first-order valence-corrected chi connectivity index (χ1v) is 11.5. The zero-order chi connectivity index (χ0) is 20.9. The molecule has 5 nitrogen and oxygen atoms in total. The van der Waals surface area contributed by atoms with Crippen LogP contribution in [-0.2, 0) is 24.2 Å². The number of nitrogens with zero attached hydrogens (tertiary/aromatic N) is 3. The van der Waals surface area contributed by atoms with Crippen molar-refractivity contribution in [3.05, 3.63) is 77.1 Å². The zero-order valence-electron chi connectivity index (χ0n) is 17.5. The van der Waals surface area contributed by atoms with Gasteiger partial charge in [0.25, 0.3) is 0 Å². The molecule has 0 fully saturated rings. The van der Waals surface area contributed by atoms with Crippen LogP contribution in [-0.4, -0.2) is 25.9 Å². The average Bonchev–Trinajstić information content (AvgIpc) is 3.15. The number of carbonyl (C=O) groups excluding carboxylic acids is 1. The van der Waals surface area contributed by atoms with Crippen LogP contribution in [0.2, 0.25) is 0 Å². The van der Waals surface area contributed by atoms with E-state index in [9.17, 15) is 4.79 Å². The third kappa shape index (κ3) is 4.59. The highest BCUT2D eigenvalue weighted by atomic mass is 32.2. The van der Waals surface area contributed by atoms with Gasteiger partial charge in [0.1, 0.15) is 5.82 Å². The highest BCUT2D eigenvalue weighted by molar-refractivity contribution is 8.00. The first kappa shape index (κ1) is 20.7. The van der Waals surface area contributed by atoms with E-state index in [-0.39, 0.29) is 17.2 Å². The minimum absolute atomic E-state index is 0.0527. The Morgan fingerprint density at radius 1 is 1.17 bits per heavy atom. The molecular weight excluding hydrogens is 392 g/mol. The topological polar surface area (TPSA) is 59.8 Å². The number of hydrogen-bond donors (Lipinski definition) is 1. The lowest BCUT2D eigenvalue weighted by Crippen LogP contribution is -2.36. The van der Waals surface area contributed by atoms with Gasteiger partial charge in [-0.2, -0.15) is 0 Å². The van der Waals surface area contributed by atoms with Crippen molar-refractivity contribution >= 4 is 17.7 Å². The van der Waals surface area contributed by atoms with Crippen molar-refractivity contribution in [1.29, 1.82) is 0 Å². The monoisotopic (exact) mass is 420 g/mol. The van der Waals surface area contributed by atoms with Gasteiger partial charge in [0, 0.05) is 13.0 Å². The Morgan fingerprint density at radius 2 is 1.93 bits per heavy atom. The van der Waals surface area contributed by atoms with Gasteiger partial charge in [-0.25, -0.2) is 0 Å². The summed E-state index contributed by atoms with van der Waals surface area (Å²) in [4.78, 5) is 12.9. The second-order valence-electron chi connectivity index (χ2n) is 7.72. The minimum Gasteiger partial charge on any atom is -0.348 e. The van der Waals surface area contributed by atoms with E-state index in [2.05, 4.69) is 63.4 Å². The summed E-state index contributed by atoms with van der Waals surface area (Å²) in [5.74, 6) is 0.983. The molecule has 0 aliphatic heterocycles. The molecule has 0 bridgehead atoms. The van der Waals surface area contributed by atoms with Crippen LogP contribution in [0.5, 0.6) is 0 Å². The number of carbonyl (C=O) groups is 1. The summed E-state index contributed by atoms with van der Waals surface area (Å²) in [6.07, 6.45) is 3.93. The van der Waals surface area contributed by atoms with Crippen LogP contribution in [0.25, 0.3) is 0 Å². The van der Waals surface area contributed by atoms with E-state index in [0.717, 1.165) is 43.2 Å². The summed E-state index contributed by atoms with van der Waals surface area (Å²) < 4.78 is 2.11. The van der Waals surface area contributed by atoms with Crippen LogP contribution in [0.15, 0.2) is 59.8 Å². The fourth-order valence-corrected chi connectivity index (χ4v) is 4.98. The molecule has 4 rings (SSSR count). The zero-order valence-corrected chi connectivity index (χ0v) is 18.4. The van der Waals surface area contributed by atoms with Gasteiger partial charge in [0.2, 0.25) is 5.91 Å². The van der Waals surface area contributed by atoms with Crippen molar-refractivity contribution in [2.75, 3.05) is 0 Å². The summed E-state index contributed by atoms with van der Waals surface area (Å²) in [5.41, 5.74) is 3.82. The Morgan fingerprint density at radius 3 is 2.73 bits per heavy atom. The van der Waals surface area contributed by atoms with Crippen LogP contribution in [0.4, 0.5) is 0 Å². The lowest BCUT2D eigenvalue weighted by atomic mass is 9.88. The normalized spacial score (nSPS) is 16.7. The smallest absolute Gasteiger partial charge is 0.233 e. The Labute approximate surface area is 182 Å². The number of rotatable bonds is 7. The van der Waals surface area contributed by atoms with Gasteiger partial charge in [-0.05, 0) is 49.8 Å². The highest BCUT2D eigenvalue weighted by Gasteiger charge is 2.25. The number of aryl methyl sites for hydroxylation is 1. The molecule has 1 N–H and O–H groups in total.